The molecule has 0 amide bonds. The molecule has 3 nitrogen and oxygen atoms in total. The predicted octanol–water partition coefficient (Wildman–Crippen LogP) is 3.83. The lowest BCUT2D eigenvalue weighted by molar-refractivity contribution is 0.738. The van der Waals surface area contributed by atoms with Gasteiger partial charge in [0.1, 0.15) is 5.65 Å². The zero-order chi connectivity index (χ0) is 14.1. The summed E-state index contributed by atoms with van der Waals surface area (Å²) < 4.78 is 3.20. The molecular weight excluding hydrogens is 314 g/mol. The summed E-state index contributed by atoms with van der Waals surface area (Å²) in [6.45, 7) is 2.74. The van der Waals surface area contributed by atoms with Crippen LogP contribution in [0.2, 0.25) is 0 Å². The number of pyridine rings is 1. The molecule has 0 spiro atoms. The molecule has 4 heteroatoms. The number of fused-ring (bicyclic) bond motifs is 1. The maximum Gasteiger partial charge on any atom is 0.137 e. The van der Waals surface area contributed by atoms with Crippen molar-refractivity contribution in [2.45, 2.75) is 12.8 Å². The van der Waals surface area contributed by atoms with Crippen LogP contribution in [0, 0.1) is 0 Å². The van der Waals surface area contributed by atoms with E-state index in [4.69, 9.17) is 10.7 Å². The van der Waals surface area contributed by atoms with Crippen LogP contribution in [-0.2, 0) is 0 Å². The van der Waals surface area contributed by atoms with E-state index in [1.807, 2.05) is 36.5 Å². The molecule has 1 atom stereocenters. The third kappa shape index (κ3) is 2.25. The van der Waals surface area contributed by atoms with Crippen molar-refractivity contribution in [2.75, 3.05) is 6.54 Å². The molecular formula is C16H16BrN3. The Morgan fingerprint density at radius 1 is 1.20 bits per heavy atom. The van der Waals surface area contributed by atoms with E-state index >= 15 is 0 Å². The fourth-order valence-electron chi connectivity index (χ4n) is 2.42. The predicted molar refractivity (Wildman–Crippen MR) is 85.8 cm³/mol. The first-order valence-corrected chi connectivity index (χ1v) is 7.43. The van der Waals surface area contributed by atoms with E-state index in [2.05, 4.69) is 39.4 Å². The number of halogens is 1. The van der Waals surface area contributed by atoms with Gasteiger partial charge in [-0.15, -0.1) is 0 Å². The van der Waals surface area contributed by atoms with Gasteiger partial charge in [-0.3, -0.25) is 0 Å². The van der Waals surface area contributed by atoms with Crippen molar-refractivity contribution >= 4 is 21.6 Å². The van der Waals surface area contributed by atoms with Crippen LogP contribution in [-0.4, -0.2) is 15.9 Å². The summed E-state index contributed by atoms with van der Waals surface area (Å²) in [4.78, 5) is 4.77. The Balaban J connectivity index is 2.26. The van der Waals surface area contributed by atoms with Crippen LogP contribution in [0.25, 0.3) is 16.9 Å². The molecule has 0 aliphatic rings. The minimum Gasteiger partial charge on any atom is -0.330 e. The largest absolute Gasteiger partial charge is 0.330 e. The number of nitrogens with zero attached hydrogens (tertiary/aromatic N) is 2. The summed E-state index contributed by atoms with van der Waals surface area (Å²) in [7, 11) is 0. The topological polar surface area (TPSA) is 43.3 Å². The highest BCUT2D eigenvalue weighted by molar-refractivity contribution is 9.10. The second kappa shape index (κ2) is 5.38. The molecule has 102 valence electrons. The number of imidazole rings is 1. The van der Waals surface area contributed by atoms with Crippen LogP contribution in [0.15, 0.2) is 53.1 Å². The highest BCUT2D eigenvalue weighted by atomic mass is 79.9. The molecule has 2 heterocycles. The third-order valence-electron chi connectivity index (χ3n) is 3.50. The highest BCUT2D eigenvalue weighted by Crippen LogP contribution is 2.30. The fourth-order valence-corrected chi connectivity index (χ4v) is 2.68. The lowest BCUT2D eigenvalue weighted by atomic mass is 10.0. The Morgan fingerprint density at radius 3 is 2.65 bits per heavy atom. The quantitative estimate of drug-likeness (QED) is 0.793. The standard InChI is InChI=1S/C16H16BrN3/c1-11(10-18)16-15(12-5-7-13(17)8-6-12)19-14-4-2-3-9-20(14)16/h2-9,11H,10,18H2,1H3. The second-order valence-electron chi connectivity index (χ2n) is 4.92. The van der Waals surface area contributed by atoms with Crippen molar-refractivity contribution in [2.24, 2.45) is 5.73 Å². The molecule has 2 aromatic heterocycles. The van der Waals surface area contributed by atoms with Crippen molar-refractivity contribution < 1.29 is 0 Å². The normalized spacial score (nSPS) is 12.8. The summed E-state index contributed by atoms with van der Waals surface area (Å²) in [6, 6.07) is 14.3. The Bertz CT molecular complexity index is 731. The van der Waals surface area contributed by atoms with Gasteiger partial charge in [-0.1, -0.05) is 41.1 Å². The molecule has 3 aromatic rings. The van der Waals surface area contributed by atoms with Crippen LogP contribution < -0.4 is 5.73 Å². The third-order valence-corrected chi connectivity index (χ3v) is 4.03. The first kappa shape index (κ1) is 13.3. The van der Waals surface area contributed by atoms with Gasteiger partial charge in [0.05, 0.1) is 11.4 Å². The van der Waals surface area contributed by atoms with Crippen molar-refractivity contribution in [3.05, 3.63) is 58.8 Å². The number of rotatable bonds is 3. The molecule has 1 unspecified atom stereocenters. The monoisotopic (exact) mass is 329 g/mol. The maximum atomic E-state index is 5.88. The van der Waals surface area contributed by atoms with E-state index < -0.39 is 0 Å². The molecule has 1 aromatic carbocycles. The molecule has 0 aliphatic heterocycles. The molecule has 0 saturated heterocycles. The van der Waals surface area contributed by atoms with Crippen molar-refractivity contribution in [1.82, 2.24) is 9.38 Å². The molecule has 20 heavy (non-hydrogen) atoms. The summed E-state index contributed by atoms with van der Waals surface area (Å²) in [5, 5.41) is 0. The number of benzene rings is 1. The summed E-state index contributed by atoms with van der Waals surface area (Å²) in [5.74, 6) is 0.256. The zero-order valence-corrected chi connectivity index (χ0v) is 12.8. The molecule has 0 radical (unpaired) electrons. The molecule has 0 fully saturated rings. The van der Waals surface area contributed by atoms with Gasteiger partial charge < -0.3 is 10.1 Å². The van der Waals surface area contributed by atoms with Gasteiger partial charge in [0.2, 0.25) is 0 Å². The first-order chi connectivity index (χ1) is 9.70. The fraction of sp³-hybridized carbons (Fsp3) is 0.188. The van der Waals surface area contributed by atoms with Crippen molar-refractivity contribution in [3.63, 3.8) is 0 Å². The van der Waals surface area contributed by atoms with E-state index in [9.17, 15) is 0 Å². The summed E-state index contributed by atoms with van der Waals surface area (Å²) in [5.41, 5.74) is 10.1. The molecule has 2 N–H and O–H groups in total. The SMILES string of the molecule is CC(CN)c1c(-c2ccc(Br)cc2)nc2ccccn12. The van der Waals surface area contributed by atoms with E-state index in [1.54, 1.807) is 0 Å². The van der Waals surface area contributed by atoms with E-state index in [0.29, 0.717) is 6.54 Å². The smallest absolute Gasteiger partial charge is 0.137 e. The summed E-state index contributed by atoms with van der Waals surface area (Å²) in [6.07, 6.45) is 2.05. The lowest BCUT2D eigenvalue weighted by Crippen LogP contribution is -2.11. The minimum atomic E-state index is 0.256. The van der Waals surface area contributed by atoms with Crippen LogP contribution in [0.3, 0.4) is 0 Å². The number of aromatic nitrogens is 2. The molecule has 0 bridgehead atoms. The Kier molecular flexibility index (Phi) is 3.59. The average molecular weight is 330 g/mol. The van der Waals surface area contributed by atoms with E-state index in [0.717, 1.165) is 21.4 Å². The molecule has 3 rings (SSSR count). The molecule has 0 aliphatic carbocycles. The Morgan fingerprint density at radius 2 is 1.95 bits per heavy atom. The van der Waals surface area contributed by atoms with E-state index in [1.165, 1.54) is 5.69 Å². The van der Waals surface area contributed by atoms with Crippen LogP contribution >= 0.6 is 15.9 Å². The van der Waals surface area contributed by atoms with Gasteiger partial charge >= 0.3 is 0 Å². The number of hydrogen-bond donors (Lipinski definition) is 1. The first-order valence-electron chi connectivity index (χ1n) is 6.63. The van der Waals surface area contributed by atoms with Crippen LogP contribution in [0.1, 0.15) is 18.5 Å². The average Bonchev–Trinajstić information content (AvgIpc) is 2.86. The van der Waals surface area contributed by atoms with Crippen LogP contribution in [0.5, 0.6) is 0 Å². The second-order valence-corrected chi connectivity index (χ2v) is 5.83. The minimum absolute atomic E-state index is 0.256. The van der Waals surface area contributed by atoms with Gasteiger partial charge in [-0.05, 0) is 24.3 Å². The van der Waals surface area contributed by atoms with Crippen LogP contribution in [0.4, 0.5) is 0 Å². The lowest BCUT2D eigenvalue weighted by Gasteiger charge is -2.11. The maximum absolute atomic E-state index is 5.88. The zero-order valence-electron chi connectivity index (χ0n) is 11.3. The summed E-state index contributed by atoms with van der Waals surface area (Å²) >= 11 is 3.47. The van der Waals surface area contributed by atoms with E-state index in [-0.39, 0.29) is 5.92 Å². The van der Waals surface area contributed by atoms with Gasteiger partial charge in [0.15, 0.2) is 0 Å². The van der Waals surface area contributed by atoms with Crippen molar-refractivity contribution in [3.8, 4) is 11.3 Å². The van der Waals surface area contributed by atoms with Gasteiger partial charge in [0, 0.05) is 28.7 Å². The highest BCUT2D eigenvalue weighted by Gasteiger charge is 2.18. The number of nitrogens with two attached hydrogens (primary N) is 1. The van der Waals surface area contributed by atoms with Crippen molar-refractivity contribution in [1.29, 1.82) is 0 Å². The Hall–Kier alpha value is -1.65. The number of hydrogen-bond acceptors (Lipinski definition) is 2. The van der Waals surface area contributed by atoms with Gasteiger partial charge in [-0.25, -0.2) is 4.98 Å². The molecule has 0 saturated carbocycles. The van der Waals surface area contributed by atoms with Gasteiger partial charge in [0.25, 0.3) is 0 Å². The van der Waals surface area contributed by atoms with Gasteiger partial charge in [-0.2, -0.15) is 0 Å². The Labute approximate surface area is 126 Å².